The molecule has 0 saturated heterocycles. The lowest BCUT2D eigenvalue weighted by Crippen LogP contribution is -2.09. The molecule has 0 bridgehead atoms. The third kappa shape index (κ3) is 3.62. The van der Waals surface area contributed by atoms with Crippen LogP contribution in [0.3, 0.4) is 0 Å². The van der Waals surface area contributed by atoms with E-state index in [-0.39, 0.29) is 6.10 Å². The van der Waals surface area contributed by atoms with Crippen molar-refractivity contribution in [3.05, 3.63) is 18.2 Å². The Balaban J connectivity index is 2.70. The lowest BCUT2D eigenvalue weighted by molar-refractivity contribution is 0.146. The molecule has 1 aromatic rings. The Hall–Kier alpha value is -1.42. The van der Waals surface area contributed by atoms with Gasteiger partial charge in [0.2, 0.25) is 0 Å². The molecule has 0 radical (unpaired) electrons. The average molecular weight is 225 g/mol. The lowest BCUT2D eigenvalue weighted by Gasteiger charge is -2.15. The SMILES string of the molecule is COCCOc1cccc(OC(C)C)c1N. The topological polar surface area (TPSA) is 53.7 Å². The van der Waals surface area contributed by atoms with Gasteiger partial charge in [-0.1, -0.05) is 6.07 Å². The van der Waals surface area contributed by atoms with Crippen molar-refractivity contribution in [2.24, 2.45) is 0 Å². The Kier molecular flexibility index (Phi) is 4.92. The number of para-hydroxylation sites is 1. The van der Waals surface area contributed by atoms with E-state index in [9.17, 15) is 0 Å². The van der Waals surface area contributed by atoms with Crippen molar-refractivity contribution < 1.29 is 14.2 Å². The zero-order valence-corrected chi connectivity index (χ0v) is 10.0. The first kappa shape index (κ1) is 12.6. The van der Waals surface area contributed by atoms with E-state index in [0.717, 1.165) is 0 Å². The van der Waals surface area contributed by atoms with Gasteiger partial charge in [0.15, 0.2) is 0 Å². The minimum absolute atomic E-state index is 0.0940. The van der Waals surface area contributed by atoms with Crippen molar-refractivity contribution in [1.82, 2.24) is 0 Å². The number of anilines is 1. The number of hydrogen-bond acceptors (Lipinski definition) is 4. The van der Waals surface area contributed by atoms with Crippen LogP contribution in [-0.4, -0.2) is 26.4 Å². The maximum Gasteiger partial charge on any atom is 0.146 e. The molecule has 0 heterocycles. The third-order valence-electron chi connectivity index (χ3n) is 1.93. The van der Waals surface area contributed by atoms with Crippen molar-refractivity contribution >= 4 is 5.69 Å². The molecule has 4 heteroatoms. The molecule has 0 aliphatic carbocycles. The van der Waals surface area contributed by atoms with E-state index in [2.05, 4.69) is 0 Å². The third-order valence-corrected chi connectivity index (χ3v) is 1.93. The quantitative estimate of drug-likeness (QED) is 0.595. The number of nitrogen functional groups attached to an aromatic ring is 1. The summed E-state index contributed by atoms with van der Waals surface area (Å²) in [6, 6.07) is 5.51. The summed E-state index contributed by atoms with van der Waals surface area (Å²) in [5, 5.41) is 0. The molecule has 0 aliphatic heterocycles. The Labute approximate surface area is 96.3 Å². The van der Waals surface area contributed by atoms with Crippen LogP contribution in [-0.2, 0) is 4.74 Å². The second-order valence-corrected chi connectivity index (χ2v) is 3.68. The monoisotopic (exact) mass is 225 g/mol. The minimum Gasteiger partial charge on any atom is -0.489 e. The van der Waals surface area contributed by atoms with Crippen molar-refractivity contribution in [3.63, 3.8) is 0 Å². The standard InChI is InChI=1S/C12H19NO3/c1-9(2)16-11-6-4-5-10(12(11)13)15-8-7-14-3/h4-6,9H,7-8,13H2,1-3H3. The van der Waals surface area contributed by atoms with Crippen molar-refractivity contribution in [3.8, 4) is 11.5 Å². The summed E-state index contributed by atoms with van der Waals surface area (Å²) in [4.78, 5) is 0. The van der Waals surface area contributed by atoms with E-state index < -0.39 is 0 Å². The van der Waals surface area contributed by atoms with Crippen LogP contribution in [0.2, 0.25) is 0 Å². The number of rotatable bonds is 6. The van der Waals surface area contributed by atoms with Crippen molar-refractivity contribution in [2.45, 2.75) is 20.0 Å². The van der Waals surface area contributed by atoms with Gasteiger partial charge in [-0.15, -0.1) is 0 Å². The van der Waals surface area contributed by atoms with Crippen LogP contribution < -0.4 is 15.2 Å². The Morgan fingerprint density at radius 3 is 2.50 bits per heavy atom. The van der Waals surface area contributed by atoms with E-state index >= 15 is 0 Å². The van der Waals surface area contributed by atoms with Gasteiger partial charge in [-0.2, -0.15) is 0 Å². The van der Waals surface area contributed by atoms with Gasteiger partial charge in [0, 0.05) is 7.11 Å². The van der Waals surface area contributed by atoms with Crippen LogP contribution >= 0.6 is 0 Å². The first-order valence-corrected chi connectivity index (χ1v) is 5.32. The van der Waals surface area contributed by atoms with E-state index in [1.165, 1.54) is 0 Å². The molecule has 0 aromatic heterocycles. The van der Waals surface area contributed by atoms with E-state index in [1.54, 1.807) is 7.11 Å². The molecule has 0 spiro atoms. The van der Waals surface area contributed by atoms with Gasteiger partial charge in [-0.05, 0) is 26.0 Å². The van der Waals surface area contributed by atoms with E-state index in [1.807, 2.05) is 32.0 Å². The molecular weight excluding hydrogens is 206 g/mol. The summed E-state index contributed by atoms with van der Waals surface area (Å²) in [6.07, 6.45) is 0.0940. The zero-order valence-electron chi connectivity index (χ0n) is 10.0. The molecule has 0 atom stereocenters. The van der Waals surface area contributed by atoms with Gasteiger partial charge in [0.1, 0.15) is 23.8 Å². The summed E-state index contributed by atoms with van der Waals surface area (Å²) in [6.45, 7) is 4.93. The fourth-order valence-electron chi connectivity index (χ4n) is 1.24. The first-order chi connectivity index (χ1) is 7.65. The Morgan fingerprint density at radius 2 is 1.88 bits per heavy atom. The number of methoxy groups -OCH3 is 1. The fraction of sp³-hybridized carbons (Fsp3) is 0.500. The van der Waals surface area contributed by atoms with Gasteiger partial charge in [0.25, 0.3) is 0 Å². The van der Waals surface area contributed by atoms with Gasteiger partial charge in [0.05, 0.1) is 12.7 Å². The van der Waals surface area contributed by atoms with Crippen molar-refractivity contribution in [2.75, 3.05) is 26.1 Å². The minimum atomic E-state index is 0.0940. The van der Waals surface area contributed by atoms with Crippen molar-refractivity contribution in [1.29, 1.82) is 0 Å². The number of ether oxygens (including phenoxy) is 3. The average Bonchev–Trinajstić information content (AvgIpc) is 2.23. The van der Waals surface area contributed by atoms with Crippen LogP contribution in [0.5, 0.6) is 11.5 Å². The molecule has 1 aromatic carbocycles. The van der Waals surface area contributed by atoms with Gasteiger partial charge in [-0.25, -0.2) is 0 Å². The lowest BCUT2D eigenvalue weighted by atomic mass is 10.2. The first-order valence-electron chi connectivity index (χ1n) is 5.32. The highest BCUT2D eigenvalue weighted by Gasteiger charge is 2.08. The molecular formula is C12H19NO3. The largest absolute Gasteiger partial charge is 0.489 e. The number of nitrogens with two attached hydrogens (primary N) is 1. The van der Waals surface area contributed by atoms with Crippen LogP contribution in [0.25, 0.3) is 0 Å². The molecule has 0 aliphatic rings. The van der Waals surface area contributed by atoms with Crippen LogP contribution in [0.4, 0.5) is 5.69 Å². The Bertz CT molecular complexity index is 326. The van der Waals surface area contributed by atoms with E-state index in [0.29, 0.717) is 30.4 Å². The molecule has 1 rings (SSSR count). The highest BCUT2D eigenvalue weighted by atomic mass is 16.5. The molecule has 2 N–H and O–H groups in total. The maximum absolute atomic E-state index is 5.92. The predicted octanol–water partition coefficient (Wildman–Crippen LogP) is 2.08. The summed E-state index contributed by atoms with van der Waals surface area (Å²) in [5.41, 5.74) is 6.46. The summed E-state index contributed by atoms with van der Waals surface area (Å²) in [5.74, 6) is 1.29. The van der Waals surface area contributed by atoms with Gasteiger partial charge >= 0.3 is 0 Å². The molecule has 0 amide bonds. The second-order valence-electron chi connectivity index (χ2n) is 3.68. The predicted molar refractivity (Wildman–Crippen MR) is 64.0 cm³/mol. The molecule has 0 saturated carbocycles. The van der Waals surface area contributed by atoms with E-state index in [4.69, 9.17) is 19.9 Å². The van der Waals surface area contributed by atoms with Crippen LogP contribution in [0.1, 0.15) is 13.8 Å². The highest BCUT2D eigenvalue weighted by molar-refractivity contribution is 5.62. The molecule has 4 nitrogen and oxygen atoms in total. The maximum atomic E-state index is 5.92. The Morgan fingerprint density at radius 1 is 1.19 bits per heavy atom. The smallest absolute Gasteiger partial charge is 0.146 e. The summed E-state index contributed by atoms with van der Waals surface area (Å²) < 4.78 is 15.9. The molecule has 0 unspecified atom stereocenters. The summed E-state index contributed by atoms with van der Waals surface area (Å²) >= 11 is 0. The van der Waals surface area contributed by atoms with Gasteiger partial charge in [-0.3, -0.25) is 0 Å². The molecule has 90 valence electrons. The normalized spacial score (nSPS) is 10.5. The summed E-state index contributed by atoms with van der Waals surface area (Å²) in [7, 11) is 1.63. The van der Waals surface area contributed by atoms with Gasteiger partial charge < -0.3 is 19.9 Å². The zero-order chi connectivity index (χ0) is 12.0. The highest BCUT2D eigenvalue weighted by Crippen LogP contribution is 2.31. The molecule has 0 fully saturated rings. The number of hydrogen-bond donors (Lipinski definition) is 1. The number of benzene rings is 1. The van der Waals surface area contributed by atoms with Crippen LogP contribution in [0.15, 0.2) is 18.2 Å². The molecule has 16 heavy (non-hydrogen) atoms. The van der Waals surface area contributed by atoms with Crippen LogP contribution in [0, 0.1) is 0 Å². The second kappa shape index (κ2) is 6.23. The fourth-order valence-corrected chi connectivity index (χ4v) is 1.24.